The molecule has 0 radical (unpaired) electrons. The van der Waals surface area contributed by atoms with Crippen LogP contribution in [0.1, 0.15) is 28.8 Å². The van der Waals surface area contributed by atoms with Crippen molar-refractivity contribution >= 4 is 21.8 Å². The summed E-state index contributed by atoms with van der Waals surface area (Å²) in [5.74, 6) is 1.64. The van der Waals surface area contributed by atoms with E-state index in [1.807, 2.05) is 42.2 Å². The first-order valence-corrected chi connectivity index (χ1v) is 10.8. The predicted molar refractivity (Wildman–Crippen MR) is 116 cm³/mol. The first-order chi connectivity index (χ1) is 14.6. The lowest BCUT2D eigenvalue weighted by atomic mass is 10.0. The summed E-state index contributed by atoms with van der Waals surface area (Å²) >= 11 is 3.40. The molecule has 1 aromatic carbocycles. The second-order valence-corrected chi connectivity index (χ2v) is 8.87. The third-order valence-electron chi connectivity index (χ3n) is 5.87. The summed E-state index contributed by atoms with van der Waals surface area (Å²) in [5, 5.41) is 0. The van der Waals surface area contributed by atoms with Crippen LogP contribution in [-0.4, -0.2) is 44.4 Å². The van der Waals surface area contributed by atoms with Crippen LogP contribution < -0.4 is 4.74 Å². The Balaban J connectivity index is 1.42. The van der Waals surface area contributed by atoms with Gasteiger partial charge in [0.15, 0.2) is 5.82 Å². The Labute approximate surface area is 183 Å². The fourth-order valence-corrected chi connectivity index (χ4v) is 4.77. The van der Waals surface area contributed by atoms with Crippen LogP contribution in [0.15, 0.2) is 59.5 Å². The van der Waals surface area contributed by atoms with Crippen molar-refractivity contribution in [2.24, 2.45) is 5.92 Å². The molecule has 3 atom stereocenters. The Kier molecular flexibility index (Phi) is 4.98. The summed E-state index contributed by atoms with van der Waals surface area (Å²) in [7, 11) is 0. The van der Waals surface area contributed by atoms with Crippen LogP contribution >= 0.6 is 15.9 Å². The lowest BCUT2D eigenvalue weighted by Gasteiger charge is -2.33. The summed E-state index contributed by atoms with van der Waals surface area (Å²) in [5.41, 5.74) is 2.45. The number of benzene rings is 1. The molecular formula is C23H21BrN4O2. The molecular weight excluding hydrogens is 444 g/mol. The minimum Gasteiger partial charge on any atom is -0.472 e. The van der Waals surface area contributed by atoms with Crippen molar-refractivity contribution in [2.45, 2.75) is 31.9 Å². The largest absolute Gasteiger partial charge is 0.472 e. The molecule has 1 saturated heterocycles. The molecule has 1 aliphatic heterocycles. The minimum absolute atomic E-state index is 0.0192. The highest BCUT2D eigenvalue weighted by atomic mass is 79.9. The first-order valence-electron chi connectivity index (χ1n) is 10.1. The third-order valence-corrected chi connectivity index (χ3v) is 6.34. The number of aryl methyl sites for hydroxylation is 1. The molecule has 1 amide bonds. The second kappa shape index (κ2) is 7.80. The van der Waals surface area contributed by atoms with Crippen LogP contribution in [0.4, 0.5) is 0 Å². The summed E-state index contributed by atoms with van der Waals surface area (Å²) in [4.78, 5) is 28.6. The van der Waals surface area contributed by atoms with Crippen LogP contribution in [0.5, 0.6) is 5.88 Å². The third kappa shape index (κ3) is 3.58. The smallest absolute Gasteiger partial charge is 0.255 e. The zero-order valence-electron chi connectivity index (χ0n) is 16.5. The number of pyridine rings is 1. The lowest BCUT2D eigenvalue weighted by Crippen LogP contribution is -2.47. The molecule has 6 nitrogen and oxygen atoms in total. The number of likely N-dealkylation sites (tertiary alicyclic amines) is 1. The van der Waals surface area contributed by atoms with Crippen molar-refractivity contribution in [1.82, 2.24) is 19.9 Å². The Hall–Kier alpha value is -2.80. The monoisotopic (exact) mass is 464 g/mol. The number of rotatable bonds is 4. The van der Waals surface area contributed by atoms with E-state index in [-0.39, 0.29) is 18.1 Å². The molecule has 3 aromatic rings. The SMILES string of the molecule is Cc1ccc(-c2ncccn2)c(C(=O)N2CC3CC(Oc4ccc(Br)cn4)C2C3)c1. The van der Waals surface area contributed by atoms with Gasteiger partial charge in [0, 0.05) is 41.2 Å². The highest BCUT2D eigenvalue weighted by Crippen LogP contribution is 2.41. The summed E-state index contributed by atoms with van der Waals surface area (Å²) < 4.78 is 7.08. The van der Waals surface area contributed by atoms with E-state index in [1.54, 1.807) is 24.7 Å². The Morgan fingerprint density at radius 1 is 1.13 bits per heavy atom. The summed E-state index contributed by atoms with van der Waals surface area (Å²) in [6, 6.07) is 11.5. The maximum Gasteiger partial charge on any atom is 0.255 e. The van der Waals surface area contributed by atoms with Crippen LogP contribution in [0, 0.1) is 12.8 Å². The zero-order valence-corrected chi connectivity index (χ0v) is 18.1. The van der Waals surface area contributed by atoms with E-state index in [1.165, 1.54) is 0 Å². The van der Waals surface area contributed by atoms with Gasteiger partial charge in [0.25, 0.3) is 5.91 Å². The number of carbonyl (C=O) groups is 1. The number of halogens is 1. The van der Waals surface area contributed by atoms with Gasteiger partial charge in [-0.2, -0.15) is 0 Å². The van der Waals surface area contributed by atoms with Crippen molar-refractivity contribution in [3.05, 3.63) is 70.6 Å². The molecule has 5 rings (SSSR count). The number of ether oxygens (including phenoxy) is 1. The molecule has 2 aliphatic rings. The van der Waals surface area contributed by atoms with E-state index in [4.69, 9.17) is 4.74 Å². The van der Waals surface area contributed by atoms with Gasteiger partial charge in [-0.3, -0.25) is 4.79 Å². The molecule has 7 heteroatoms. The number of hydrogen-bond donors (Lipinski definition) is 0. The molecule has 152 valence electrons. The molecule has 1 saturated carbocycles. The van der Waals surface area contributed by atoms with Crippen LogP contribution in [0.25, 0.3) is 11.4 Å². The topological polar surface area (TPSA) is 68.2 Å². The van der Waals surface area contributed by atoms with Gasteiger partial charge in [0.2, 0.25) is 5.88 Å². The summed E-state index contributed by atoms with van der Waals surface area (Å²) in [6.45, 7) is 2.76. The van der Waals surface area contributed by atoms with Crippen LogP contribution in [-0.2, 0) is 0 Å². The van der Waals surface area contributed by atoms with Crippen molar-refractivity contribution in [3.8, 4) is 17.3 Å². The van der Waals surface area contributed by atoms with Crippen molar-refractivity contribution in [2.75, 3.05) is 6.54 Å². The van der Waals surface area contributed by atoms with Gasteiger partial charge in [-0.25, -0.2) is 15.0 Å². The number of carbonyl (C=O) groups excluding carboxylic acids is 1. The van der Waals surface area contributed by atoms with Crippen molar-refractivity contribution in [3.63, 3.8) is 0 Å². The van der Waals surface area contributed by atoms with Gasteiger partial charge >= 0.3 is 0 Å². The maximum atomic E-state index is 13.6. The molecule has 0 N–H and O–H groups in total. The van der Waals surface area contributed by atoms with Gasteiger partial charge in [-0.1, -0.05) is 17.7 Å². The van der Waals surface area contributed by atoms with E-state index >= 15 is 0 Å². The number of nitrogens with zero attached hydrogens (tertiary/aromatic N) is 4. The van der Waals surface area contributed by atoms with Gasteiger partial charge < -0.3 is 9.64 Å². The fourth-order valence-electron chi connectivity index (χ4n) is 4.54. The molecule has 30 heavy (non-hydrogen) atoms. The zero-order chi connectivity index (χ0) is 20.7. The van der Waals surface area contributed by atoms with Crippen LogP contribution in [0.2, 0.25) is 0 Å². The van der Waals surface area contributed by atoms with E-state index in [9.17, 15) is 4.79 Å². The normalized spacial score (nSPS) is 22.3. The van der Waals surface area contributed by atoms with Gasteiger partial charge in [0.1, 0.15) is 6.10 Å². The highest BCUT2D eigenvalue weighted by Gasteiger charge is 2.48. The standard InChI is InChI=1S/C23H21BrN4O2/c1-14-3-5-17(22-25-7-2-8-26-22)18(9-14)23(29)28-13-15-10-19(28)20(11-15)30-21-6-4-16(24)12-27-21/h2-9,12,15,19-20H,10-11,13H2,1H3. The first kappa shape index (κ1) is 19.2. The Morgan fingerprint density at radius 2 is 1.97 bits per heavy atom. The second-order valence-electron chi connectivity index (χ2n) is 7.95. The highest BCUT2D eigenvalue weighted by molar-refractivity contribution is 9.10. The molecule has 2 aromatic heterocycles. The number of amides is 1. The average molecular weight is 465 g/mol. The number of piperidine rings is 1. The molecule has 0 spiro atoms. The van der Waals surface area contributed by atoms with Crippen molar-refractivity contribution < 1.29 is 9.53 Å². The van der Waals surface area contributed by atoms with Crippen molar-refractivity contribution in [1.29, 1.82) is 0 Å². The summed E-state index contributed by atoms with van der Waals surface area (Å²) in [6.07, 6.45) is 7.00. The fraction of sp³-hybridized carbons (Fsp3) is 0.304. The number of fused-ring (bicyclic) bond motifs is 2. The van der Waals surface area contributed by atoms with E-state index in [0.717, 1.165) is 35.0 Å². The Bertz CT molecular complexity index is 1070. The molecule has 2 bridgehead atoms. The average Bonchev–Trinajstić information content (AvgIpc) is 3.36. The van der Waals surface area contributed by atoms with Gasteiger partial charge in [-0.05, 0) is 59.8 Å². The quantitative estimate of drug-likeness (QED) is 0.575. The predicted octanol–water partition coefficient (Wildman–Crippen LogP) is 4.29. The number of hydrogen-bond acceptors (Lipinski definition) is 5. The van der Waals surface area contributed by atoms with E-state index in [2.05, 4.69) is 30.9 Å². The maximum absolute atomic E-state index is 13.6. The molecule has 1 aliphatic carbocycles. The van der Waals surface area contributed by atoms with Gasteiger partial charge in [0.05, 0.1) is 11.6 Å². The Morgan fingerprint density at radius 3 is 2.70 bits per heavy atom. The molecule has 3 unspecified atom stereocenters. The van der Waals surface area contributed by atoms with E-state index in [0.29, 0.717) is 23.2 Å². The van der Waals surface area contributed by atoms with Crippen LogP contribution in [0.3, 0.4) is 0 Å². The lowest BCUT2D eigenvalue weighted by molar-refractivity contribution is 0.0467. The minimum atomic E-state index is -0.0393. The molecule has 3 heterocycles. The number of aromatic nitrogens is 3. The molecule has 2 fully saturated rings. The van der Waals surface area contributed by atoms with E-state index < -0.39 is 0 Å². The van der Waals surface area contributed by atoms with Gasteiger partial charge in [-0.15, -0.1) is 0 Å².